The Balaban J connectivity index is 1.36. The molecule has 0 bridgehead atoms. The number of rotatable bonds is 3. The summed E-state index contributed by atoms with van der Waals surface area (Å²) in [4.78, 5) is 37.9. The van der Waals surface area contributed by atoms with E-state index in [4.69, 9.17) is 0 Å². The van der Waals surface area contributed by atoms with Crippen molar-refractivity contribution in [3.8, 4) is 0 Å². The number of piperazine rings is 1. The summed E-state index contributed by atoms with van der Waals surface area (Å²) < 4.78 is 0. The number of anilines is 1. The van der Waals surface area contributed by atoms with Gasteiger partial charge in [-0.1, -0.05) is 0 Å². The van der Waals surface area contributed by atoms with Gasteiger partial charge in [-0.3, -0.25) is 24.6 Å². The Morgan fingerprint density at radius 2 is 1.84 bits per heavy atom. The quantitative estimate of drug-likeness (QED) is 0.798. The second kappa shape index (κ2) is 6.83. The first-order chi connectivity index (χ1) is 12.2. The fraction of sp³-hybridized carbons (Fsp3) is 0.625. The Morgan fingerprint density at radius 1 is 1.08 bits per heavy atom. The first kappa shape index (κ1) is 16.1. The highest BCUT2D eigenvalue weighted by Gasteiger charge is 2.24. The van der Waals surface area contributed by atoms with Crippen molar-refractivity contribution < 1.29 is 4.79 Å². The highest BCUT2D eigenvalue weighted by Crippen LogP contribution is 2.13. The van der Waals surface area contributed by atoms with Crippen molar-refractivity contribution in [2.45, 2.75) is 19.3 Å². The van der Waals surface area contributed by atoms with Gasteiger partial charge in [0, 0.05) is 39.3 Å². The van der Waals surface area contributed by atoms with Crippen LogP contribution in [-0.2, 0) is 4.79 Å². The van der Waals surface area contributed by atoms with Crippen LogP contribution in [0.15, 0.2) is 11.0 Å². The Labute approximate surface area is 145 Å². The monoisotopic (exact) mass is 345 g/mol. The molecule has 9 heteroatoms. The molecule has 0 atom stereocenters. The number of aromatic amines is 2. The van der Waals surface area contributed by atoms with E-state index >= 15 is 0 Å². The molecule has 2 saturated heterocycles. The minimum absolute atomic E-state index is 0.184. The zero-order chi connectivity index (χ0) is 17.2. The predicted octanol–water partition coefficient (Wildman–Crippen LogP) is -0.219. The molecule has 2 aromatic heterocycles. The maximum Gasteiger partial charge on any atom is 0.263 e. The third-order valence-electron chi connectivity index (χ3n) is 5.05. The molecular formula is C16H23N7O2. The topological polar surface area (TPSA) is 101 Å². The van der Waals surface area contributed by atoms with Crippen LogP contribution >= 0.6 is 0 Å². The van der Waals surface area contributed by atoms with Crippen LogP contribution in [0.25, 0.3) is 11.0 Å². The van der Waals surface area contributed by atoms with Crippen LogP contribution in [0.3, 0.4) is 0 Å². The molecule has 4 heterocycles. The van der Waals surface area contributed by atoms with Gasteiger partial charge in [-0.15, -0.1) is 0 Å². The predicted molar refractivity (Wildman–Crippen MR) is 93.6 cm³/mol. The molecule has 0 unspecified atom stereocenters. The van der Waals surface area contributed by atoms with E-state index in [9.17, 15) is 9.59 Å². The molecular weight excluding hydrogens is 322 g/mol. The highest BCUT2D eigenvalue weighted by atomic mass is 16.2. The molecule has 0 aliphatic carbocycles. The molecule has 0 saturated carbocycles. The van der Waals surface area contributed by atoms with Crippen LogP contribution < -0.4 is 10.5 Å². The van der Waals surface area contributed by atoms with Crippen molar-refractivity contribution in [1.82, 2.24) is 30.0 Å². The van der Waals surface area contributed by atoms with Gasteiger partial charge < -0.3 is 9.80 Å². The minimum Gasteiger partial charge on any atom is -0.342 e. The summed E-state index contributed by atoms with van der Waals surface area (Å²) in [6, 6.07) is 0. The van der Waals surface area contributed by atoms with E-state index in [2.05, 4.69) is 25.1 Å². The smallest absolute Gasteiger partial charge is 0.263 e. The number of H-pyrrole nitrogens is 2. The van der Waals surface area contributed by atoms with E-state index in [1.165, 1.54) is 12.6 Å². The molecule has 2 N–H and O–H groups in total. The zero-order valence-corrected chi connectivity index (χ0v) is 14.2. The molecule has 0 aromatic carbocycles. The average molecular weight is 345 g/mol. The van der Waals surface area contributed by atoms with E-state index < -0.39 is 0 Å². The lowest BCUT2D eigenvalue weighted by molar-refractivity contribution is -0.133. The third-order valence-corrected chi connectivity index (χ3v) is 5.05. The maximum atomic E-state index is 12.4. The number of hydrogen-bond donors (Lipinski definition) is 2. The van der Waals surface area contributed by atoms with Crippen molar-refractivity contribution in [2.24, 2.45) is 0 Å². The number of nitrogens with zero attached hydrogens (tertiary/aromatic N) is 5. The van der Waals surface area contributed by atoms with E-state index in [0.29, 0.717) is 23.5 Å². The fourth-order valence-electron chi connectivity index (χ4n) is 3.54. The van der Waals surface area contributed by atoms with Gasteiger partial charge in [-0.2, -0.15) is 10.1 Å². The standard InChI is InChI=1S/C16H23N7O2/c24-13(22-4-2-1-3-5-22)11-21-6-8-23(9-7-21)16-18-14-12(10-17-20-14)15(25)19-16/h10H,1-9,11H2,(H2,17,18,19,20,25). The number of aromatic nitrogens is 4. The SMILES string of the molecule is O=C(CN1CCN(c2nc3[nH]ncc3c(=O)[nH]2)CC1)N1CCCCC1. The van der Waals surface area contributed by atoms with Crippen molar-refractivity contribution in [2.75, 3.05) is 50.7 Å². The number of fused-ring (bicyclic) bond motifs is 1. The van der Waals surface area contributed by atoms with E-state index in [-0.39, 0.29) is 11.5 Å². The summed E-state index contributed by atoms with van der Waals surface area (Å²) in [6.45, 7) is 5.31. The summed E-state index contributed by atoms with van der Waals surface area (Å²) >= 11 is 0. The van der Waals surface area contributed by atoms with Crippen molar-refractivity contribution >= 4 is 22.9 Å². The Bertz CT molecular complexity index is 800. The van der Waals surface area contributed by atoms with E-state index in [1.807, 2.05) is 9.80 Å². The number of amides is 1. The molecule has 25 heavy (non-hydrogen) atoms. The maximum absolute atomic E-state index is 12.4. The summed E-state index contributed by atoms with van der Waals surface area (Å²) in [6.07, 6.45) is 4.95. The van der Waals surface area contributed by atoms with Crippen molar-refractivity contribution in [3.63, 3.8) is 0 Å². The lowest BCUT2D eigenvalue weighted by Gasteiger charge is -2.36. The number of carbonyl (C=O) groups excluding carboxylic acids is 1. The van der Waals surface area contributed by atoms with Crippen LogP contribution in [0.4, 0.5) is 5.95 Å². The molecule has 2 aliphatic heterocycles. The van der Waals surface area contributed by atoms with Crippen LogP contribution in [0.2, 0.25) is 0 Å². The molecule has 2 aromatic rings. The van der Waals surface area contributed by atoms with Gasteiger partial charge in [0.25, 0.3) is 5.56 Å². The van der Waals surface area contributed by atoms with Gasteiger partial charge in [0.15, 0.2) is 5.65 Å². The van der Waals surface area contributed by atoms with Gasteiger partial charge in [0.1, 0.15) is 5.39 Å². The second-order valence-electron chi connectivity index (χ2n) is 6.73. The van der Waals surface area contributed by atoms with E-state index in [1.54, 1.807) is 0 Å². The van der Waals surface area contributed by atoms with Crippen LogP contribution in [0.1, 0.15) is 19.3 Å². The van der Waals surface area contributed by atoms with Gasteiger partial charge in [-0.05, 0) is 19.3 Å². The number of likely N-dealkylation sites (tertiary alicyclic amines) is 1. The van der Waals surface area contributed by atoms with Crippen LogP contribution in [-0.4, -0.2) is 81.7 Å². The molecule has 9 nitrogen and oxygen atoms in total. The first-order valence-electron chi connectivity index (χ1n) is 8.89. The van der Waals surface area contributed by atoms with Crippen molar-refractivity contribution in [1.29, 1.82) is 0 Å². The lowest BCUT2D eigenvalue weighted by atomic mass is 10.1. The summed E-state index contributed by atoms with van der Waals surface area (Å²) in [5, 5.41) is 7.07. The first-order valence-corrected chi connectivity index (χ1v) is 8.89. The summed E-state index contributed by atoms with van der Waals surface area (Å²) in [7, 11) is 0. The van der Waals surface area contributed by atoms with Gasteiger partial charge in [-0.25, -0.2) is 0 Å². The average Bonchev–Trinajstić information content (AvgIpc) is 3.12. The molecule has 2 aliphatic rings. The minimum atomic E-state index is -0.184. The summed E-state index contributed by atoms with van der Waals surface area (Å²) in [5.74, 6) is 0.794. The molecule has 2 fully saturated rings. The summed E-state index contributed by atoms with van der Waals surface area (Å²) in [5.41, 5.74) is 0.318. The lowest BCUT2D eigenvalue weighted by Crippen LogP contribution is -2.51. The largest absolute Gasteiger partial charge is 0.342 e. The Kier molecular flexibility index (Phi) is 4.39. The number of hydrogen-bond acceptors (Lipinski definition) is 6. The molecule has 0 radical (unpaired) electrons. The Hall–Kier alpha value is -2.42. The third kappa shape index (κ3) is 3.37. The normalized spacial score (nSPS) is 19.5. The molecule has 134 valence electrons. The van der Waals surface area contributed by atoms with Crippen molar-refractivity contribution in [3.05, 3.63) is 16.6 Å². The number of nitrogens with one attached hydrogen (secondary N) is 2. The van der Waals surface area contributed by atoms with Gasteiger partial charge in [0.05, 0.1) is 12.7 Å². The Morgan fingerprint density at radius 3 is 2.60 bits per heavy atom. The van der Waals surface area contributed by atoms with Crippen LogP contribution in [0.5, 0.6) is 0 Å². The van der Waals surface area contributed by atoms with E-state index in [0.717, 1.165) is 52.1 Å². The fourth-order valence-corrected chi connectivity index (χ4v) is 3.54. The number of carbonyl (C=O) groups is 1. The zero-order valence-electron chi connectivity index (χ0n) is 14.2. The van der Waals surface area contributed by atoms with Crippen LogP contribution in [0, 0.1) is 0 Å². The van der Waals surface area contributed by atoms with Gasteiger partial charge >= 0.3 is 0 Å². The highest BCUT2D eigenvalue weighted by molar-refractivity contribution is 5.78. The second-order valence-corrected chi connectivity index (χ2v) is 6.73. The molecule has 4 rings (SSSR count). The molecule has 1 amide bonds. The van der Waals surface area contributed by atoms with Gasteiger partial charge in [0.2, 0.25) is 11.9 Å². The number of piperidine rings is 1. The molecule has 0 spiro atoms.